The van der Waals surface area contributed by atoms with Crippen molar-refractivity contribution in [3.8, 4) is 0 Å². The summed E-state index contributed by atoms with van der Waals surface area (Å²) in [5.74, 6) is 1.11. The van der Waals surface area contributed by atoms with Crippen LogP contribution in [0.2, 0.25) is 0 Å². The quantitative estimate of drug-likeness (QED) is 0.887. The summed E-state index contributed by atoms with van der Waals surface area (Å²) >= 11 is 3.44. The predicted octanol–water partition coefficient (Wildman–Crippen LogP) is 3.35. The Bertz CT molecular complexity index is 476. The summed E-state index contributed by atoms with van der Waals surface area (Å²) in [6, 6.07) is 8.37. The van der Waals surface area contributed by atoms with E-state index < -0.39 is 0 Å². The van der Waals surface area contributed by atoms with Crippen LogP contribution >= 0.6 is 15.9 Å². The number of hydrogen-bond acceptors (Lipinski definition) is 2. The van der Waals surface area contributed by atoms with Gasteiger partial charge in [-0.1, -0.05) is 35.0 Å². The number of benzene rings is 1. The Morgan fingerprint density at radius 2 is 2.00 bits per heavy atom. The van der Waals surface area contributed by atoms with Crippen molar-refractivity contribution in [2.24, 2.45) is 0 Å². The van der Waals surface area contributed by atoms with Gasteiger partial charge in [0, 0.05) is 30.0 Å². The second-order valence-electron chi connectivity index (χ2n) is 4.27. The van der Waals surface area contributed by atoms with E-state index in [1.807, 2.05) is 12.4 Å². The molecular weight excluding hydrogens is 290 g/mol. The van der Waals surface area contributed by atoms with Crippen molar-refractivity contribution < 1.29 is 0 Å². The van der Waals surface area contributed by atoms with Crippen LogP contribution in [0.5, 0.6) is 0 Å². The normalized spacial score (nSPS) is 10.8. The van der Waals surface area contributed by atoms with Crippen molar-refractivity contribution in [1.29, 1.82) is 0 Å². The lowest BCUT2D eigenvalue weighted by molar-refractivity contribution is 0.588. The van der Waals surface area contributed by atoms with Crippen molar-refractivity contribution in [1.82, 2.24) is 14.9 Å². The van der Waals surface area contributed by atoms with Gasteiger partial charge in [0.25, 0.3) is 0 Å². The van der Waals surface area contributed by atoms with Crippen LogP contribution < -0.4 is 5.32 Å². The number of nitrogens with zero attached hydrogens (tertiary/aromatic N) is 2. The molecule has 0 saturated carbocycles. The third-order valence-electron chi connectivity index (χ3n) is 2.79. The molecule has 0 bridgehead atoms. The van der Waals surface area contributed by atoms with Crippen molar-refractivity contribution in [3.63, 3.8) is 0 Å². The number of halogens is 1. The van der Waals surface area contributed by atoms with Crippen LogP contribution in [-0.4, -0.2) is 9.55 Å². The molecule has 2 aromatic rings. The fourth-order valence-electron chi connectivity index (χ4n) is 1.87. The third-order valence-corrected chi connectivity index (χ3v) is 3.32. The summed E-state index contributed by atoms with van der Waals surface area (Å²) in [4.78, 5) is 4.37. The lowest BCUT2D eigenvalue weighted by atomic mass is 10.2. The van der Waals surface area contributed by atoms with E-state index in [-0.39, 0.29) is 0 Å². The van der Waals surface area contributed by atoms with E-state index in [1.165, 1.54) is 5.56 Å². The Morgan fingerprint density at radius 1 is 1.22 bits per heavy atom. The zero-order valence-corrected chi connectivity index (χ0v) is 12.2. The molecular formula is C14H18BrN3. The molecule has 2 rings (SSSR count). The first kappa shape index (κ1) is 13.3. The molecule has 0 aliphatic rings. The first-order chi connectivity index (χ1) is 8.79. The summed E-state index contributed by atoms with van der Waals surface area (Å²) < 4.78 is 3.32. The molecule has 1 aromatic heterocycles. The van der Waals surface area contributed by atoms with Gasteiger partial charge in [-0.25, -0.2) is 4.98 Å². The second-order valence-corrected chi connectivity index (χ2v) is 5.18. The summed E-state index contributed by atoms with van der Waals surface area (Å²) in [6.07, 6.45) is 5.04. The highest BCUT2D eigenvalue weighted by Crippen LogP contribution is 2.10. The smallest absolute Gasteiger partial charge is 0.122 e. The standard InChI is InChI=1S/C14H18BrN3/c1-2-8-18-9-7-17-14(18)11-16-10-12-3-5-13(15)6-4-12/h3-7,9,16H,2,8,10-11H2,1H3. The maximum atomic E-state index is 4.37. The SMILES string of the molecule is CCCn1ccnc1CNCc1ccc(Br)cc1. The topological polar surface area (TPSA) is 29.9 Å². The highest BCUT2D eigenvalue weighted by molar-refractivity contribution is 9.10. The molecule has 0 radical (unpaired) electrons. The molecule has 1 heterocycles. The first-order valence-electron chi connectivity index (χ1n) is 6.24. The largest absolute Gasteiger partial charge is 0.334 e. The lowest BCUT2D eigenvalue weighted by Crippen LogP contribution is -2.16. The van der Waals surface area contributed by atoms with Gasteiger partial charge in [0.1, 0.15) is 5.82 Å². The highest BCUT2D eigenvalue weighted by Gasteiger charge is 2.01. The number of nitrogens with one attached hydrogen (secondary N) is 1. The van der Waals surface area contributed by atoms with Crippen LogP contribution in [0.4, 0.5) is 0 Å². The fourth-order valence-corrected chi connectivity index (χ4v) is 2.14. The van der Waals surface area contributed by atoms with Gasteiger partial charge >= 0.3 is 0 Å². The van der Waals surface area contributed by atoms with Gasteiger partial charge in [0.2, 0.25) is 0 Å². The molecule has 18 heavy (non-hydrogen) atoms. The van der Waals surface area contributed by atoms with Crippen LogP contribution in [0.1, 0.15) is 24.7 Å². The summed E-state index contributed by atoms with van der Waals surface area (Å²) in [6.45, 7) is 4.89. The monoisotopic (exact) mass is 307 g/mol. The van der Waals surface area contributed by atoms with Crippen molar-refractivity contribution >= 4 is 15.9 Å². The van der Waals surface area contributed by atoms with Gasteiger partial charge in [-0.2, -0.15) is 0 Å². The fraction of sp³-hybridized carbons (Fsp3) is 0.357. The van der Waals surface area contributed by atoms with E-state index in [9.17, 15) is 0 Å². The molecule has 1 N–H and O–H groups in total. The van der Waals surface area contributed by atoms with Gasteiger partial charge in [0.05, 0.1) is 6.54 Å². The van der Waals surface area contributed by atoms with Crippen LogP contribution in [0, 0.1) is 0 Å². The number of aryl methyl sites for hydroxylation is 1. The molecule has 1 aromatic carbocycles. The summed E-state index contributed by atoms with van der Waals surface area (Å²) in [5.41, 5.74) is 1.28. The van der Waals surface area contributed by atoms with Crippen molar-refractivity contribution in [2.45, 2.75) is 33.0 Å². The number of imidazole rings is 1. The van der Waals surface area contributed by atoms with Gasteiger partial charge in [-0.3, -0.25) is 0 Å². The average Bonchev–Trinajstić information content (AvgIpc) is 2.80. The van der Waals surface area contributed by atoms with Gasteiger partial charge in [-0.05, 0) is 24.1 Å². The molecule has 0 fully saturated rings. The molecule has 0 spiro atoms. The minimum atomic E-state index is 0.809. The average molecular weight is 308 g/mol. The van der Waals surface area contributed by atoms with Crippen LogP contribution in [-0.2, 0) is 19.6 Å². The first-order valence-corrected chi connectivity index (χ1v) is 7.04. The van der Waals surface area contributed by atoms with Crippen molar-refractivity contribution in [3.05, 3.63) is 52.5 Å². The molecule has 0 saturated heterocycles. The molecule has 0 amide bonds. The molecule has 0 aliphatic carbocycles. The number of hydrogen-bond donors (Lipinski definition) is 1. The van der Waals surface area contributed by atoms with Crippen LogP contribution in [0.15, 0.2) is 41.1 Å². The van der Waals surface area contributed by atoms with Gasteiger partial charge in [0.15, 0.2) is 0 Å². The zero-order chi connectivity index (χ0) is 12.8. The van der Waals surface area contributed by atoms with Crippen LogP contribution in [0.25, 0.3) is 0 Å². The van der Waals surface area contributed by atoms with E-state index in [4.69, 9.17) is 0 Å². The second kappa shape index (κ2) is 6.71. The van der Waals surface area contributed by atoms with E-state index in [2.05, 4.69) is 62.0 Å². The Hall–Kier alpha value is -1.13. The zero-order valence-electron chi connectivity index (χ0n) is 10.6. The minimum absolute atomic E-state index is 0.809. The van der Waals surface area contributed by atoms with E-state index in [1.54, 1.807) is 0 Å². The molecule has 0 unspecified atom stereocenters. The van der Waals surface area contributed by atoms with Gasteiger partial charge in [-0.15, -0.1) is 0 Å². The molecule has 0 atom stereocenters. The molecule has 3 nitrogen and oxygen atoms in total. The van der Waals surface area contributed by atoms with E-state index in [0.29, 0.717) is 0 Å². The predicted molar refractivity (Wildman–Crippen MR) is 77.2 cm³/mol. The van der Waals surface area contributed by atoms with Crippen LogP contribution in [0.3, 0.4) is 0 Å². The summed E-state index contributed by atoms with van der Waals surface area (Å²) in [7, 11) is 0. The Labute approximate surface area is 116 Å². The van der Waals surface area contributed by atoms with Crippen molar-refractivity contribution in [2.75, 3.05) is 0 Å². The number of aromatic nitrogens is 2. The van der Waals surface area contributed by atoms with E-state index in [0.717, 1.165) is 36.4 Å². The summed E-state index contributed by atoms with van der Waals surface area (Å²) in [5, 5.41) is 3.42. The molecule has 96 valence electrons. The Balaban J connectivity index is 1.84. The minimum Gasteiger partial charge on any atom is -0.334 e. The van der Waals surface area contributed by atoms with Gasteiger partial charge < -0.3 is 9.88 Å². The highest BCUT2D eigenvalue weighted by atomic mass is 79.9. The number of rotatable bonds is 6. The molecule has 0 aliphatic heterocycles. The maximum absolute atomic E-state index is 4.37. The lowest BCUT2D eigenvalue weighted by Gasteiger charge is -2.08. The Kier molecular flexibility index (Phi) is 4.96. The maximum Gasteiger partial charge on any atom is 0.122 e. The molecule has 4 heteroatoms. The van der Waals surface area contributed by atoms with E-state index >= 15 is 0 Å². The Morgan fingerprint density at radius 3 is 2.72 bits per heavy atom. The third kappa shape index (κ3) is 3.68.